The molecule has 1 aliphatic heterocycles. The number of benzene rings is 2. The number of nitrogens with one attached hydrogen (secondary N) is 1. The van der Waals surface area contributed by atoms with E-state index in [1.54, 1.807) is 44.6 Å². The van der Waals surface area contributed by atoms with E-state index in [1.165, 1.54) is 23.7 Å². The van der Waals surface area contributed by atoms with Gasteiger partial charge in [0.25, 0.3) is 0 Å². The highest BCUT2D eigenvalue weighted by Crippen LogP contribution is 2.27. The van der Waals surface area contributed by atoms with E-state index in [0.29, 0.717) is 49.1 Å². The van der Waals surface area contributed by atoms with E-state index in [1.807, 2.05) is 11.8 Å². The third-order valence-electron chi connectivity index (χ3n) is 5.49. The summed E-state index contributed by atoms with van der Waals surface area (Å²) in [6.07, 6.45) is 0.554. The zero-order valence-electron chi connectivity index (χ0n) is 18.7. The third-order valence-corrected chi connectivity index (χ3v) is 6.31. The standard InChI is InChI=1S/C23H26FN5O3S/c1-15-14-28(23-26-21(27-33-23)10-16-4-6-17(24)7-5-16)8-9-29(15)22(30)25-18-11-19(31-2)13-20(12-18)32-3/h4-7,11-13,15H,8-10,14H2,1-3H3,(H,25,30). The molecule has 2 aromatic carbocycles. The molecule has 4 rings (SSSR count). The molecule has 1 atom stereocenters. The summed E-state index contributed by atoms with van der Waals surface area (Å²) >= 11 is 1.34. The Kier molecular flexibility index (Phi) is 6.93. The first-order chi connectivity index (χ1) is 15.9. The molecule has 1 saturated heterocycles. The molecule has 3 aromatic rings. The highest BCUT2D eigenvalue weighted by atomic mass is 32.1. The van der Waals surface area contributed by atoms with Crippen molar-refractivity contribution in [3.63, 3.8) is 0 Å². The average Bonchev–Trinajstić information content (AvgIpc) is 3.28. The van der Waals surface area contributed by atoms with Gasteiger partial charge in [-0.15, -0.1) is 0 Å². The number of urea groups is 1. The van der Waals surface area contributed by atoms with Crippen molar-refractivity contribution >= 4 is 28.4 Å². The van der Waals surface area contributed by atoms with Crippen LogP contribution in [0.4, 0.5) is 20.0 Å². The van der Waals surface area contributed by atoms with Gasteiger partial charge >= 0.3 is 6.03 Å². The van der Waals surface area contributed by atoms with Crippen LogP contribution in [0.2, 0.25) is 0 Å². The van der Waals surface area contributed by atoms with Crippen LogP contribution in [0.15, 0.2) is 42.5 Å². The summed E-state index contributed by atoms with van der Waals surface area (Å²) in [6, 6.07) is 11.4. The highest BCUT2D eigenvalue weighted by Gasteiger charge is 2.29. The van der Waals surface area contributed by atoms with E-state index in [-0.39, 0.29) is 17.9 Å². The second-order valence-electron chi connectivity index (χ2n) is 7.82. The van der Waals surface area contributed by atoms with Gasteiger partial charge in [-0.05, 0) is 24.6 Å². The van der Waals surface area contributed by atoms with Gasteiger partial charge in [-0.1, -0.05) is 12.1 Å². The summed E-state index contributed by atoms with van der Waals surface area (Å²) in [5.41, 5.74) is 1.57. The fourth-order valence-electron chi connectivity index (χ4n) is 3.74. The van der Waals surface area contributed by atoms with E-state index in [4.69, 9.17) is 9.47 Å². The van der Waals surface area contributed by atoms with Crippen molar-refractivity contribution in [1.29, 1.82) is 0 Å². The average molecular weight is 472 g/mol. The first kappa shape index (κ1) is 22.8. The van der Waals surface area contributed by atoms with Gasteiger partial charge < -0.3 is 24.6 Å². The van der Waals surface area contributed by atoms with E-state index in [9.17, 15) is 9.18 Å². The van der Waals surface area contributed by atoms with Gasteiger partial charge in [-0.3, -0.25) is 0 Å². The van der Waals surface area contributed by atoms with Crippen molar-refractivity contribution in [2.45, 2.75) is 19.4 Å². The lowest BCUT2D eigenvalue weighted by Gasteiger charge is -2.39. The Morgan fingerprint density at radius 1 is 1.15 bits per heavy atom. The number of aromatic nitrogens is 2. The van der Waals surface area contributed by atoms with E-state index in [0.717, 1.165) is 10.7 Å². The van der Waals surface area contributed by atoms with Crippen LogP contribution < -0.4 is 19.7 Å². The second-order valence-corrected chi connectivity index (χ2v) is 8.55. The SMILES string of the molecule is COc1cc(NC(=O)N2CCN(c3nc(Cc4ccc(F)cc4)ns3)CC2C)cc(OC)c1. The Labute approximate surface area is 196 Å². The first-order valence-electron chi connectivity index (χ1n) is 10.6. The largest absolute Gasteiger partial charge is 0.497 e. The fraction of sp³-hybridized carbons (Fsp3) is 0.348. The topological polar surface area (TPSA) is 79.8 Å². The van der Waals surface area contributed by atoms with Crippen LogP contribution in [0.25, 0.3) is 0 Å². The molecule has 1 aromatic heterocycles. The van der Waals surface area contributed by atoms with Gasteiger partial charge in [0.2, 0.25) is 5.13 Å². The van der Waals surface area contributed by atoms with Crippen molar-refractivity contribution in [2.24, 2.45) is 0 Å². The summed E-state index contributed by atoms with van der Waals surface area (Å²) in [6.45, 7) is 3.88. The molecule has 0 radical (unpaired) electrons. The smallest absolute Gasteiger partial charge is 0.322 e. The van der Waals surface area contributed by atoms with Crippen LogP contribution in [-0.2, 0) is 6.42 Å². The molecule has 1 N–H and O–H groups in total. The fourth-order valence-corrected chi connectivity index (χ4v) is 4.46. The lowest BCUT2D eigenvalue weighted by Crippen LogP contribution is -2.55. The molecular formula is C23H26FN5O3S. The van der Waals surface area contributed by atoms with E-state index in [2.05, 4.69) is 19.6 Å². The lowest BCUT2D eigenvalue weighted by molar-refractivity contribution is 0.185. The summed E-state index contributed by atoms with van der Waals surface area (Å²) in [5, 5.41) is 3.77. The number of piperazine rings is 1. The third kappa shape index (κ3) is 5.51. The van der Waals surface area contributed by atoms with Crippen LogP contribution in [0.5, 0.6) is 11.5 Å². The molecular weight excluding hydrogens is 445 g/mol. The molecule has 174 valence electrons. The molecule has 0 bridgehead atoms. The Morgan fingerprint density at radius 2 is 1.85 bits per heavy atom. The maximum atomic E-state index is 13.1. The van der Waals surface area contributed by atoms with Gasteiger partial charge in [0.1, 0.15) is 23.1 Å². The molecule has 2 amide bonds. The zero-order valence-corrected chi connectivity index (χ0v) is 19.6. The Hall–Kier alpha value is -3.40. The molecule has 10 heteroatoms. The molecule has 1 unspecified atom stereocenters. The number of halogens is 1. The highest BCUT2D eigenvalue weighted by molar-refractivity contribution is 7.09. The van der Waals surface area contributed by atoms with Crippen molar-refractivity contribution in [3.8, 4) is 11.5 Å². The number of methoxy groups -OCH3 is 2. The molecule has 0 aliphatic carbocycles. The van der Waals surface area contributed by atoms with Crippen LogP contribution in [0.1, 0.15) is 18.3 Å². The van der Waals surface area contributed by atoms with Crippen molar-refractivity contribution < 1.29 is 18.7 Å². The number of ether oxygens (including phenoxy) is 2. The number of nitrogens with zero attached hydrogens (tertiary/aromatic N) is 4. The zero-order chi connectivity index (χ0) is 23.4. The molecule has 0 spiro atoms. The number of rotatable bonds is 6. The molecule has 1 fully saturated rings. The van der Waals surface area contributed by atoms with Crippen molar-refractivity contribution in [3.05, 3.63) is 59.7 Å². The minimum Gasteiger partial charge on any atom is -0.497 e. The number of amides is 2. The molecule has 0 saturated carbocycles. The van der Waals surface area contributed by atoms with Gasteiger partial charge in [-0.25, -0.2) is 14.2 Å². The number of carbonyl (C=O) groups is 1. The summed E-state index contributed by atoms with van der Waals surface area (Å²) in [7, 11) is 3.14. The summed E-state index contributed by atoms with van der Waals surface area (Å²) < 4.78 is 28.1. The first-order valence-corrected chi connectivity index (χ1v) is 11.3. The maximum Gasteiger partial charge on any atom is 0.322 e. The van der Waals surface area contributed by atoms with Gasteiger partial charge in [0.05, 0.1) is 14.2 Å². The van der Waals surface area contributed by atoms with Crippen LogP contribution >= 0.6 is 11.5 Å². The predicted molar refractivity (Wildman–Crippen MR) is 126 cm³/mol. The van der Waals surface area contributed by atoms with Crippen LogP contribution in [0.3, 0.4) is 0 Å². The number of carbonyl (C=O) groups excluding carboxylic acids is 1. The van der Waals surface area contributed by atoms with E-state index < -0.39 is 0 Å². The molecule has 33 heavy (non-hydrogen) atoms. The van der Waals surface area contributed by atoms with E-state index >= 15 is 0 Å². The molecule has 1 aliphatic rings. The van der Waals surface area contributed by atoms with Crippen molar-refractivity contribution in [1.82, 2.24) is 14.3 Å². The monoisotopic (exact) mass is 471 g/mol. The molecule has 8 nitrogen and oxygen atoms in total. The summed E-state index contributed by atoms with van der Waals surface area (Å²) in [5.74, 6) is 1.67. The van der Waals surface area contributed by atoms with Crippen molar-refractivity contribution in [2.75, 3.05) is 44.1 Å². The van der Waals surface area contributed by atoms with Crippen LogP contribution in [-0.4, -0.2) is 60.2 Å². The Balaban J connectivity index is 1.36. The minimum atomic E-state index is -0.257. The number of hydrogen-bond donors (Lipinski definition) is 1. The van der Waals surface area contributed by atoms with Gasteiger partial charge in [0, 0.05) is 67.5 Å². The quantitative estimate of drug-likeness (QED) is 0.585. The second kappa shape index (κ2) is 10.0. The number of hydrogen-bond acceptors (Lipinski definition) is 7. The minimum absolute atomic E-state index is 0.0179. The summed E-state index contributed by atoms with van der Waals surface area (Å²) in [4.78, 5) is 21.5. The lowest BCUT2D eigenvalue weighted by atomic mass is 10.1. The predicted octanol–water partition coefficient (Wildman–Crippen LogP) is 4.03. The van der Waals surface area contributed by atoms with Gasteiger partial charge in [0.15, 0.2) is 0 Å². The van der Waals surface area contributed by atoms with Gasteiger partial charge in [-0.2, -0.15) is 4.37 Å². The molecule has 2 heterocycles. The van der Waals surface area contributed by atoms with Crippen LogP contribution in [0, 0.1) is 5.82 Å². The maximum absolute atomic E-state index is 13.1. The normalized spacial score (nSPS) is 15.9. The number of anilines is 2. The Morgan fingerprint density at radius 3 is 2.48 bits per heavy atom. The Bertz CT molecular complexity index is 1090.